The third-order valence-corrected chi connectivity index (χ3v) is 3.06. The number of amides is 1. The Morgan fingerprint density at radius 3 is 2.72 bits per heavy atom. The van der Waals surface area contributed by atoms with E-state index in [9.17, 15) is 4.79 Å². The lowest BCUT2D eigenvalue weighted by Gasteiger charge is -2.13. The van der Waals surface area contributed by atoms with Gasteiger partial charge in [0, 0.05) is 14.1 Å². The Bertz CT molecular complexity index is 472. The van der Waals surface area contributed by atoms with E-state index in [1.165, 1.54) is 4.90 Å². The molecule has 0 unspecified atom stereocenters. The molecule has 0 saturated heterocycles. The highest BCUT2D eigenvalue weighted by atomic mass is 127. The van der Waals surface area contributed by atoms with Gasteiger partial charge in [-0.15, -0.1) is 0 Å². The Morgan fingerprint density at radius 1 is 1.56 bits per heavy atom. The number of rotatable bonds is 4. The van der Waals surface area contributed by atoms with Crippen LogP contribution in [0, 0.1) is 14.9 Å². The van der Waals surface area contributed by atoms with E-state index in [4.69, 9.17) is 15.7 Å². The van der Waals surface area contributed by atoms with Crippen LogP contribution in [0.4, 0.5) is 5.69 Å². The molecule has 0 aliphatic heterocycles. The molecule has 0 aliphatic rings. The van der Waals surface area contributed by atoms with Crippen LogP contribution in [-0.4, -0.2) is 31.5 Å². The number of hydrogen-bond donors (Lipinski definition) is 1. The van der Waals surface area contributed by atoms with Crippen molar-refractivity contribution in [2.45, 2.75) is 6.42 Å². The van der Waals surface area contributed by atoms with Crippen LogP contribution in [0.5, 0.6) is 5.75 Å². The van der Waals surface area contributed by atoms with E-state index in [-0.39, 0.29) is 12.5 Å². The summed E-state index contributed by atoms with van der Waals surface area (Å²) in [5, 5.41) is 8.79. The van der Waals surface area contributed by atoms with Gasteiger partial charge in [-0.2, -0.15) is 5.26 Å². The van der Waals surface area contributed by atoms with Crippen LogP contribution in [0.1, 0.15) is 12.0 Å². The van der Waals surface area contributed by atoms with Gasteiger partial charge in [-0.1, -0.05) is 0 Å². The van der Waals surface area contributed by atoms with Crippen molar-refractivity contribution in [3.8, 4) is 11.8 Å². The maximum absolute atomic E-state index is 11.4. The quantitative estimate of drug-likeness (QED) is 0.654. The van der Waals surface area contributed by atoms with Gasteiger partial charge in [0.25, 0.3) is 0 Å². The van der Waals surface area contributed by atoms with Crippen molar-refractivity contribution in [1.82, 2.24) is 4.90 Å². The summed E-state index contributed by atoms with van der Waals surface area (Å²) in [4.78, 5) is 12.9. The Hall–Kier alpha value is -1.49. The van der Waals surface area contributed by atoms with E-state index in [1.807, 2.05) is 6.07 Å². The minimum Gasteiger partial charge on any atom is -0.490 e. The van der Waals surface area contributed by atoms with Gasteiger partial charge in [0.15, 0.2) is 5.75 Å². The highest BCUT2D eigenvalue weighted by molar-refractivity contribution is 14.1. The molecule has 6 heteroatoms. The van der Waals surface area contributed by atoms with Crippen LogP contribution < -0.4 is 10.5 Å². The standard InChI is InChI=1S/C12H14IN3O2/c1-16(2)11(17)3-4-18-12-9(13)5-8(7-14)6-10(12)15/h5-6H,3-4,15H2,1-2H3. The molecule has 0 heterocycles. The zero-order valence-corrected chi connectivity index (χ0v) is 12.4. The highest BCUT2D eigenvalue weighted by Crippen LogP contribution is 2.29. The van der Waals surface area contributed by atoms with Gasteiger partial charge in [-0.25, -0.2) is 0 Å². The molecular formula is C12H14IN3O2. The van der Waals surface area contributed by atoms with Crippen LogP contribution in [0.3, 0.4) is 0 Å². The molecule has 1 rings (SSSR count). The van der Waals surface area contributed by atoms with Crippen LogP contribution in [0.15, 0.2) is 12.1 Å². The van der Waals surface area contributed by atoms with Crippen LogP contribution >= 0.6 is 22.6 Å². The summed E-state index contributed by atoms with van der Waals surface area (Å²) < 4.78 is 6.26. The predicted octanol–water partition coefficient (Wildman–Crippen LogP) is 1.60. The third kappa shape index (κ3) is 3.77. The maximum atomic E-state index is 11.4. The number of anilines is 1. The number of nitriles is 1. The largest absolute Gasteiger partial charge is 0.490 e. The lowest BCUT2D eigenvalue weighted by molar-refractivity contribution is -0.129. The molecule has 0 bridgehead atoms. The maximum Gasteiger partial charge on any atom is 0.225 e. The SMILES string of the molecule is CN(C)C(=O)CCOc1c(N)cc(C#N)cc1I. The van der Waals surface area contributed by atoms with Crippen molar-refractivity contribution in [2.24, 2.45) is 0 Å². The fraction of sp³-hybridized carbons (Fsp3) is 0.333. The van der Waals surface area contributed by atoms with Gasteiger partial charge in [0.1, 0.15) is 0 Å². The number of carbonyl (C=O) groups is 1. The minimum atomic E-state index is -0.00257. The van der Waals surface area contributed by atoms with Crippen molar-refractivity contribution in [2.75, 3.05) is 26.4 Å². The summed E-state index contributed by atoms with van der Waals surface area (Å²) in [6.07, 6.45) is 0.294. The highest BCUT2D eigenvalue weighted by Gasteiger charge is 2.10. The second-order valence-corrected chi connectivity index (χ2v) is 5.04. The summed E-state index contributed by atoms with van der Waals surface area (Å²) >= 11 is 2.05. The molecule has 96 valence electrons. The van der Waals surface area contributed by atoms with Crippen molar-refractivity contribution in [3.63, 3.8) is 0 Å². The molecule has 0 radical (unpaired) electrons. The van der Waals surface area contributed by atoms with Crippen molar-refractivity contribution in [1.29, 1.82) is 5.26 Å². The van der Waals surface area contributed by atoms with E-state index < -0.39 is 0 Å². The number of halogens is 1. The third-order valence-electron chi connectivity index (χ3n) is 2.26. The monoisotopic (exact) mass is 359 g/mol. The fourth-order valence-electron chi connectivity index (χ4n) is 1.30. The first kappa shape index (κ1) is 14.6. The second-order valence-electron chi connectivity index (χ2n) is 3.87. The van der Waals surface area contributed by atoms with Crippen molar-refractivity contribution in [3.05, 3.63) is 21.3 Å². The number of benzene rings is 1. The number of hydrogen-bond acceptors (Lipinski definition) is 4. The van der Waals surface area contributed by atoms with Crippen molar-refractivity contribution >= 4 is 34.2 Å². The van der Waals surface area contributed by atoms with E-state index in [1.54, 1.807) is 26.2 Å². The first-order valence-corrected chi connectivity index (χ1v) is 6.35. The number of nitrogens with zero attached hydrogens (tertiary/aromatic N) is 2. The zero-order valence-electron chi connectivity index (χ0n) is 10.2. The van der Waals surface area contributed by atoms with Gasteiger partial charge < -0.3 is 15.4 Å². The van der Waals surface area contributed by atoms with E-state index in [2.05, 4.69) is 22.6 Å². The summed E-state index contributed by atoms with van der Waals surface area (Å²) in [5.41, 5.74) is 6.71. The Kier molecular flexibility index (Phi) is 5.22. The first-order valence-electron chi connectivity index (χ1n) is 5.27. The predicted molar refractivity (Wildman–Crippen MR) is 77.1 cm³/mol. The number of carbonyl (C=O) groups excluding carboxylic acids is 1. The smallest absolute Gasteiger partial charge is 0.225 e. The number of nitrogens with two attached hydrogens (primary N) is 1. The molecule has 18 heavy (non-hydrogen) atoms. The molecule has 0 atom stereocenters. The second kappa shape index (κ2) is 6.44. The summed E-state index contributed by atoms with van der Waals surface area (Å²) in [5.74, 6) is 0.526. The lowest BCUT2D eigenvalue weighted by atomic mass is 10.2. The molecule has 0 spiro atoms. The van der Waals surface area contributed by atoms with Crippen molar-refractivity contribution < 1.29 is 9.53 Å². The van der Waals surface area contributed by atoms with Crippen LogP contribution in [-0.2, 0) is 4.79 Å². The molecule has 0 aromatic heterocycles. The van der Waals surface area contributed by atoms with Gasteiger partial charge in [0.05, 0.1) is 33.9 Å². The zero-order chi connectivity index (χ0) is 13.7. The van der Waals surface area contributed by atoms with E-state index in [0.717, 1.165) is 3.57 Å². The number of ether oxygens (including phenoxy) is 1. The molecule has 1 aromatic rings. The van der Waals surface area contributed by atoms with Gasteiger partial charge >= 0.3 is 0 Å². The summed E-state index contributed by atoms with van der Waals surface area (Å²) in [6, 6.07) is 5.28. The minimum absolute atomic E-state index is 0.00257. The van der Waals surface area contributed by atoms with Gasteiger partial charge in [-0.05, 0) is 34.7 Å². The average Bonchev–Trinajstić information content (AvgIpc) is 2.31. The molecule has 1 aromatic carbocycles. The first-order chi connectivity index (χ1) is 8.45. The molecule has 0 saturated carbocycles. The topological polar surface area (TPSA) is 79.3 Å². The summed E-state index contributed by atoms with van der Waals surface area (Å²) in [6.45, 7) is 0.267. The lowest BCUT2D eigenvalue weighted by Crippen LogP contribution is -2.23. The Balaban J connectivity index is 2.69. The molecule has 2 N–H and O–H groups in total. The number of nitrogen functional groups attached to an aromatic ring is 1. The molecule has 0 aliphatic carbocycles. The normalized spacial score (nSPS) is 9.67. The molecule has 0 fully saturated rings. The summed E-state index contributed by atoms with van der Waals surface area (Å²) in [7, 11) is 3.39. The Labute approximate surface area is 120 Å². The Morgan fingerprint density at radius 2 is 2.22 bits per heavy atom. The van der Waals surface area contributed by atoms with E-state index in [0.29, 0.717) is 23.4 Å². The molecular weight excluding hydrogens is 345 g/mol. The average molecular weight is 359 g/mol. The van der Waals surface area contributed by atoms with Gasteiger partial charge in [0.2, 0.25) is 5.91 Å². The van der Waals surface area contributed by atoms with Crippen LogP contribution in [0.2, 0.25) is 0 Å². The fourth-order valence-corrected chi connectivity index (χ4v) is 2.10. The van der Waals surface area contributed by atoms with Crippen LogP contribution in [0.25, 0.3) is 0 Å². The molecule has 1 amide bonds. The van der Waals surface area contributed by atoms with Gasteiger partial charge in [-0.3, -0.25) is 4.79 Å². The molecule has 5 nitrogen and oxygen atoms in total. The van der Waals surface area contributed by atoms with E-state index >= 15 is 0 Å².